The summed E-state index contributed by atoms with van der Waals surface area (Å²) < 4.78 is 2.27. The normalized spacial score (nSPS) is 20.9. The van der Waals surface area contributed by atoms with Crippen molar-refractivity contribution in [1.82, 2.24) is 14.9 Å². The molecule has 0 aromatic carbocycles. The smallest absolute Gasteiger partial charge is 0.205 e. The Labute approximate surface area is 104 Å². The molecule has 1 saturated heterocycles. The Morgan fingerprint density at radius 1 is 1.53 bits per heavy atom. The van der Waals surface area contributed by atoms with E-state index in [0.29, 0.717) is 12.1 Å². The maximum absolute atomic E-state index is 4.67. The quantitative estimate of drug-likeness (QED) is 0.871. The minimum Gasteiger partial charge on any atom is -0.341 e. The van der Waals surface area contributed by atoms with Crippen molar-refractivity contribution in [1.29, 1.82) is 0 Å². The molecule has 1 atom stereocenters. The number of aryl methyl sites for hydroxylation is 1. The second kappa shape index (κ2) is 5.08. The van der Waals surface area contributed by atoms with E-state index >= 15 is 0 Å². The summed E-state index contributed by atoms with van der Waals surface area (Å²) in [6.07, 6.45) is 4.66. The zero-order valence-electron chi connectivity index (χ0n) is 11.4. The van der Waals surface area contributed by atoms with E-state index < -0.39 is 0 Å². The second-order valence-electron chi connectivity index (χ2n) is 5.29. The highest BCUT2D eigenvalue weighted by Gasteiger charge is 2.22. The van der Waals surface area contributed by atoms with Gasteiger partial charge in [-0.1, -0.05) is 0 Å². The molecule has 1 N–H and O–H groups in total. The summed E-state index contributed by atoms with van der Waals surface area (Å²) in [5.74, 6) is 1.10. The van der Waals surface area contributed by atoms with E-state index in [9.17, 15) is 0 Å². The predicted molar refractivity (Wildman–Crippen MR) is 71.6 cm³/mol. The van der Waals surface area contributed by atoms with Crippen LogP contribution >= 0.6 is 0 Å². The van der Waals surface area contributed by atoms with E-state index in [1.165, 1.54) is 12.8 Å². The van der Waals surface area contributed by atoms with Gasteiger partial charge in [0.05, 0.1) is 5.69 Å². The highest BCUT2D eigenvalue weighted by atomic mass is 15.3. The summed E-state index contributed by atoms with van der Waals surface area (Å²) in [6, 6.07) is 1.04. The Bertz CT molecular complexity index is 363. The Hall–Kier alpha value is -1.03. The summed E-state index contributed by atoms with van der Waals surface area (Å²) in [5, 5.41) is 3.46. The maximum atomic E-state index is 4.67. The number of anilines is 1. The largest absolute Gasteiger partial charge is 0.341 e. The summed E-state index contributed by atoms with van der Waals surface area (Å²) >= 11 is 0. The van der Waals surface area contributed by atoms with Crippen molar-refractivity contribution in [2.75, 3.05) is 25.0 Å². The molecule has 4 heteroatoms. The first-order valence-electron chi connectivity index (χ1n) is 6.58. The fourth-order valence-electron chi connectivity index (χ4n) is 2.47. The molecule has 0 amide bonds. The molecule has 1 fully saturated rings. The maximum Gasteiger partial charge on any atom is 0.205 e. The van der Waals surface area contributed by atoms with Crippen LogP contribution in [0.2, 0.25) is 0 Å². The van der Waals surface area contributed by atoms with E-state index in [1.807, 2.05) is 0 Å². The molecule has 0 spiro atoms. The van der Waals surface area contributed by atoms with Gasteiger partial charge in [0.1, 0.15) is 0 Å². The monoisotopic (exact) mass is 236 g/mol. The number of hydrogen-bond donors (Lipinski definition) is 1. The van der Waals surface area contributed by atoms with Crippen LogP contribution in [0.5, 0.6) is 0 Å². The molecule has 0 aliphatic carbocycles. The SMILES string of the molecule is Cc1cn(C(C)C)c(N(C)C2CCCNC2)n1. The average molecular weight is 236 g/mol. The average Bonchev–Trinajstić information content (AvgIpc) is 2.72. The number of aromatic nitrogens is 2. The molecule has 4 nitrogen and oxygen atoms in total. The Morgan fingerprint density at radius 3 is 2.88 bits per heavy atom. The molecular formula is C13H24N4. The van der Waals surface area contributed by atoms with Gasteiger partial charge < -0.3 is 14.8 Å². The van der Waals surface area contributed by atoms with Crippen LogP contribution in [0.15, 0.2) is 6.20 Å². The van der Waals surface area contributed by atoms with Crippen LogP contribution in [0.3, 0.4) is 0 Å². The third kappa shape index (κ3) is 2.63. The van der Waals surface area contributed by atoms with Gasteiger partial charge >= 0.3 is 0 Å². The third-order valence-corrected chi connectivity index (χ3v) is 3.52. The van der Waals surface area contributed by atoms with Crippen LogP contribution in [0.1, 0.15) is 38.4 Å². The van der Waals surface area contributed by atoms with Gasteiger partial charge in [0, 0.05) is 31.9 Å². The van der Waals surface area contributed by atoms with Crippen LogP contribution in [0, 0.1) is 6.92 Å². The number of likely N-dealkylation sites (N-methyl/N-ethyl adjacent to an activating group) is 1. The van der Waals surface area contributed by atoms with Crippen molar-refractivity contribution < 1.29 is 0 Å². The fraction of sp³-hybridized carbons (Fsp3) is 0.769. The van der Waals surface area contributed by atoms with E-state index in [0.717, 1.165) is 24.7 Å². The minimum atomic E-state index is 0.463. The standard InChI is InChI=1S/C13H24N4/c1-10(2)17-9-11(3)15-13(17)16(4)12-6-5-7-14-8-12/h9-10,12,14H,5-8H2,1-4H3. The lowest BCUT2D eigenvalue weighted by molar-refractivity contribution is 0.435. The number of nitrogens with zero attached hydrogens (tertiary/aromatic N) is 3. The minimum absolute atomic E-state index is 0.463. The van der Waals surface area contributed by atoms with E-state index in [4.69, 9.17) is 0 Å². The lowest BCUT2D eigenvalue weighted by Gasteiger charge is -2.33. The lowest BCUT2D eigenvalue weighted by Crippen LogP contribution is -2.45. The lowest BCUT2D eigenvalue weighted by atomic mass is 10.1. The van der Waals surface area contributed by atoms with Crippen molar-refractivity contribution in [2.24, 2.45) is 0 Å². The van der Waals surface area contributed by atoms with E-state index in [-0.39, 0.29) is 0 Å². The summed E-state index contributed by atoms with van der Waals surface area (Å²) in [6.45, 7) is 8.70. The topological polar surface area (TPSA) is 33.1 Å². The fourth-order valence-corrected chi connectivity index (χ4v) is 2.47. The van der Waals surface area contributed by atoms with E-state index in [2.05, 4.69) is 53.8 Å². The van der Waals surface area contributed by atoms with Gasteiger partial charge in [-0.05, 0) is 40.2 Å². The van der Waals surface area contributed by atoms with Crippen molar-refractivity contribution in [3.05, 3.63) is 11.9 Å². The first-order valence-corrected chi connectivity index (χ1v) is 6.58. The van der Waals surface area contributed by atoms with Crippen LogP contribution in [0.25, 0.3) is 0 Å². The van der Waals surface area contributed by atoms with Crippen LogP contribution < -0.4 is 10.2 Å². The third-order valence-electron chi connectivity index (χ3n) is 3.52. The molecular weight excluding hydrogens is 212 g/mol. The van der Waals surface area contributed by atoms with Gasteiger partial charge in [0.25, 0.3) is 0 Å². The molecule has 1 aliphatic rings. The number of hydrogen-bond acceptors (Lipinski definition) is 3. The molecule has 0 radical (unpaired) electrons. The zero-order chi connectivity index (χ0) is 12.4. The predicted octanol–water partition coefficient (Wildman–Crippen LogP) is 1.96. The van der Waals surface area contributed by atoms with Gasteiger partial charge in [-0.3, -0.25) is 0 Å². The summed E-state index contributed by atoms with van der Waals surface area (Å²) in [7, 11) is 2.16. The van der Waals surface area contributed by atoms with Crippen LogP contribution in [0.4, 0.5) is 5.95 Å². The first kappa shape index (κ1) is 12.4. The highest BCUT2D eigenvalue weighted by molar-refractivity contribution is 5.34. The van der Waals surface area contributed by atoms with Crippen molar-refractivity contribution in [3.8, 4) is 0 Å². The number of nitrogens with one attached hydrogen (secondary N) is 1. The summed E-state index contributed by atoms with van der Waals surface area (Å²) in [4.78, 5) is 7.00. The van der Waals surface area contributed by atoms with E-state index in [1.54, 1.807) is 0 Å². The Kier molecular flexibility index (Phi) is 3.72. The van der Waals surface area contributed by atoms with Gasteiger partial charge in [0.15, 0.2) is 0 Å². The van der Waals surface area contributed by atoms with Gasteiger partial charge in [-0.15, -0.1) is 0 Å². The highest BCUT2D eigenvalue weighted by Crippen LogP contribution is 2.22. The summed E-state index contributed by atoms with van der Waals surface area (Å²) in [5.41, 5.74) is 1.10. The van der Waals surface area contributed by atoms with Crippen molar-refractivity contribution >= 4 is 5.95 Å². The Balaban J connectivity index is 2.19. The molecule has 0 saturated carbocycles. The van der Waals surface area contributed by atoms with Crippen LogP contribution in [-0.4, -0.2) is 35.7 Å². The molecule has 1 aliphatic heterocycles. The van der Waals surface area contributed by atoms with Crippen molar-refractivity contribution in [2.45, 2.75) is 45.7 Å². The van der Waals surface area contributed by atoms with Gasteiger partial charge in [-0.2, -0.15) is 0 Å². The molecule has 96 valence electrons. The molecule has 1 aromatic rings. The molecule has 2 heterocycles. The van der Waals surface area contributed by atoms with Gasteiger partial charge in [-0.25, -0.2) is 4.98 Å². The molecule has 1 unspecified atom stereocenters. The number of piperidine rings is 1. The molecule has 17 heavy (non-hydrogen) atoms. The van der Waals surface area contributed by atoms with Gasteiger partial charge in [0.2, 0.25) is 5.95 Å². The zero-order valence-corrected chi connectivity index (χ0v) is 11.4. The molecule has 2 rings (SSSR count). The molecule has 1 aromatic heterocycles. The second-order valence-corrected chi connectivity index (χ2v) is 5.29. The molecule has 0 bridgehead atoms. The Morgan fingerprint density at radius 2 is 2.29 bits per heavy atom. The number of imidazole rings is 1. The number of rotatable bonds is 3. The van der Waals surface area contributed by atoms with Crippen molar-refractivity contribution in [3.63, 3.8) is 0 Å². The van der Waals surface area contributed by atoms with Crippen LogP contribution in [-0.2, 0) is 0 Å². The first-order chi connectivity index (χ1) is 8.09.